The molecular formula is C22H17Cl2N3O3. The highest BCUT2D eigenvalue weighted by molar-refractivity contribution is 6.43. The lowest BCUT2D eigenvalue weighted by Crippen LogP contribution is -2.34. The molecule has 0 bridgehead atoms. The molecule has 1 saturated heterocycles. The second-order valence-electron chi connectivity index (χ2n) is 6.78. The van der Waals surface area contributed by atoms with Gasteiger partial charge in [0.2, 0.25) is 5.91 Å². The fraction of sp³-hybridized carbons (Fsp3) is 0.136. The molecule has 30 heavy (non-hydrogen) atoms. The average Bonchev–Trinajstić information content (AvgIpc) is 3.37. The van der Waals surface area contributed by atoms with Gasteiger partial charge in [0.05, 0.1) is 16.3 Å². The summed E-state index contributed by atoms with van der Waals surface area (Å²) in [5.41, 5.74) is 4.01. The Bertz CT molecular complexity index is 1110. The lowest BCUT2D eigenvalue weighted by Gasteiger charge is -2.15. The zero-order chi connectivity index (χ0) is 21.1. The van der Waals surface area contributed by atoms with Gasteiger partial charge in [0.15, 0.2) is 0 Å². The molecule has 152 valence electrons. The molecule has 2 N–H and O–H groups in total. The molecular weight excluding hydrogens is 425 g/mol. The third-order valence-electron chi connectivity index (χ3n) is 4.90. The number of furan rings is 1. The smallest absolute Gasteiger partial charge is 0.253 e. The van der Waals surface area contributed by atoms with Crippen LogP contribution in [0.4, 0.5) is 0 Å². The van der Waals surface area contributed by atoms with E-state index in [-0.39, 0.29) is 11.8 Å². The van der Waals surface area contributed by atoms with Crippen LogP contribution >= 0.6 is 23.2 Å². The molecule has 8 heteroatoms. The van der Waals surface area contributed by atoms with Crippen molar-refractivity contribution >= 4 is 41.2 Å². The van der Waals surface area contributed by atoms with Gasteiger partial charge < -0.3 is 9.73 Å². The van der Waals surface area contributed by atoms with E-state index in [1.807, 2.05) is 30.3 Å². The van der Waals surface area contributed by atoms with E-state index in [1.54, 1.807) is 30.3 Å². The Labute approximate surface area is 182 Å². The van der Waals surface area contributed by atoms with Crippen LogP contribution in [0.3, 0.4) is 0 Å². The lowest BCUT2D eigenvalue weighted by molar-refractivity contribution is -0.133. The molecule has 2 amide bonds. The Morgan fingerprint density at radius 2 is 1.90 bits per heavy atom. The zero-order valence-electron chi connectivity index (χ0n) is 15.6. The number of benzene rings is 2. The van der Waals surface area contributed by atoms with Crippen molar-refractivity contribution in [2.75, 3.05) is 6.54 Å². The standard InChI is InChI=1S/C22H17Cl2N3O3/c23-17-8-4-7-15(20(17)24)18-10-9-14(30-18)11-26-27-22(29)19-16(12-25-21(19)28)13-5-2-1-3-6-13/h1-11,16,19H,12H2,(H,25,28)(H,27,29)/t16-,19-/m0/s1. The van der Waals surface area contributed by atoms with Gasteiger partial charge in [-0.25, -0.2) is 5.43 Å². The van der Waals surface area contributed by atoms with Crippen molar-refractivity contribution in [1.29, 1.82) is 0 Å². The van der Waals surface area contributed by atoms with Gasteiger partial charge in [-0.1, -0.05) is 59.6 Å². The Morgan fingerprint density at radius 3 is 2.70 bits per heavy atom. The topological polar surface area (TPSA) is 83.7 Å². The second-order valence-corrected chi connectivity index (χ2v) is 7.56. The maximum absolute atomic E-state index is 12.6. The summed E-state index contributed by atoms with van der Waals surface area (Å²) in [6.45, 7) is 0.409. The lowest BCUT2D eigenvalue weighted by atomic mass is 9.88. The van der Waals surface area contributed by atoms with Crippen molar-refractivity contribution in [3.05, 3.63) is 82.0 Å². The number of carbonyl (C=O) groups is 2. The quantitative estimate of drug-likeness (QED) is 0.352. The van der Waals surface area contributed by atoms with Crippen LogP contribution in [0.5, 0.6) is 0 Å². The third-order valence-corrected chi connectivity index (χ3v) is 5.72. The number of carbonyl (C=O) groups excluding carboxylic acids is 2. The predicted molar refractivity (Wildman–Crippen MR) is 116 cm³/mol. The summed E-state index contributed by atoms with van der Waals surface area (Å²) in [5, 5.41) is 7.50. The van der Waals surface area contributed by atoms with Gasteiger partial charge in [0.25, 0.3) is 5.91 Å². The highest BCUT2D eigenvalue weighted by Crippen LogP contribution is 2.34. The monoisotopic (exact) mass is 441 g/mol. The fourth-order valence-electron chi connectivity index (χ4n) is 3.42. The summed E-state index contributed by atoms with van der Waals surface area (Å²) in [7, 11) is 0. The SMILES string of the molecule is O=C1NC[C@@H](c2ccccc2)[C@@H]1C(=O)NN=Cc1ccc(-c2cccc(Cl)c2Cl)o1. The first-order chi connectivity index (χ1) is 14.5. The molecule has 1 aromatic heterocycles. The van der Waals surface area contributed by atoms with E-state index in [0.29, 0.717) is 33.7 Å². The summed E-state index contributed by atoms with van der Waals surface area (Å²) >= 11 is 12.3. The first-order valence-corrected chi connectivity index (χ1v) is 10.00. The third kappa shape index (κ3) is 4.10. The first-order valence-electron chi connectivity index (χ1n) is 9.24. The highest BCUT2D eigenvalue weighted by atomic mass is 35.5. The van der Waals surface area contributed by atoms with E-state index >= 15 is 0 Å². The van der Waals surface area contributed by atoms with Crippen LogP contribution in [0.25, 0.3) is 11.3 Å². The first kappa shape index (κ1) is 20.2. The summed E-state index contributed by atoms with van der Waals surface area (Å²) in [6.07, 6.45) is 1.37. The van der Waals surface area contributed by atoms with Crippen LogP contribution in [0, 0.1) is 5.92 Å². The Hall–Kier alpha value is -3.09. The second kappa shape index (κ2) is 8.73. The maximum atomic E-state index is 12.6. The van der Waals surface area contributed by atoms with Crippen molar-refractivity contribution in [2.45, 2.75) is 5.92 Å². The van der Waals surface area contributed by atoms with Crippen molar-refractivity contribution in [3.8, 4) is 11.3 Å². The van der Waals surface area contributed by atoms with Crippen molar-refractivity contribution < 1.29 is 14.0 Å². The normalized spacial score (nSPS) is 18.5. The number of hydrogen-bond donors (Lipinski definition) is 2. The van der Waals surface area contributed by atoms with E-state index in [2.05, 4.69) is 15.8 Å². The van der Waals surface area contributed by atoms with Crippen LogP contribution in [-0.2, 0) is 9.59 Å². The van der Waals surface area contributed by atoms with Crippen LogP contribution in [0.2, 0.25) is 10.0 Å². The van der Waals surface area contributed by atoms with Crippen molar-refractivity contribution in [1.82, 2.24) is 10.7 Å². The fourth-order valence-corrected chi connectivity index (χ4v) is 3.82. The number of hydrazone groups is 1. The molecule has 2 heterocycles. The van der Waals surface area contributed by atoms with Gasteiger partial charge in [-0.15, -0.1) is 0 Å². The van der Waals surface area contributed by atoms with E-state index in [1.165, 1.54) is 6.21 Å². The molecule has 0 aliphatic carbocycles. The molecule has 2 atom stereocenters. The van der Waals surface area contributed by atoms with E-state index in [0.717, 1.165) is 5.56 Å². The van der Waals surface area contributed by atoms with E-state index in [4.69, 9.17) is 27.6 Å². The minimum atomic E-state index is -0.845. The van der Waals surface area contributed by atoms with Gasteiger partial charge in [0.1, 0.15) is 17.4 Å². The number of rotatable bonds is 5. The van der Waals surface area contributed by atoms with E-state index < -0.39 is 11.8 Å². The molecule has 4 rings (SSSR count). The van der Waals surface area contributed by atoms with Gasteiger partial charge in [0, 0.05) is 18.0 Å². The summed E-state index contributed by atoms with van der Waals surface area (Å²) in [6, 6.07) is 18.1. The van der Waals surface area contributed by atoms with Gasteiger partial charge >= 0.3 is 0 Å². The molecule has 2 aromatic carbocycles. The Kier molecular flexibility index (Phi) is 5.88. The van der Waals surface area contributed by atoms with Crippen LogP contribution < -0.4 is 10.7 Å². The van der Waals surface area contributed by atoms with Crippen molar-refractivity contribution in [2.24, 2.45) is 11.0 Å². The van der Waals surface area contributed by atoms with E-state index in [9.17, 15) is 9.59 Å². The summed E-state index contributed by atoms with van der Waals surface area (Å²) in [4.78, 5) is 24.8. The van der Waals surface area contributed by atoms with Crippen LogP contribution in [0.1, 0.15) is 17.2 Å². The molecule has 1 aliphatic rings. The minimum Gasteiger partial charge on any atom is -0.455 e. The van der Waals surface area contributed by atoms with Crippen LogP contribution in [0.15, 0.2) is 70.2 Å². The Balaban J connectivity index is 1.44. The summed E-state index contributed by atoms with van der Waals surface area (Å²) < 4.78 is 5.70. The number of amides is 2. The molecule has 0 radical (unpaired) electrons. The molecule has 0 saturated carbocycles. The number of hydrogen-bond acceptors (Lipinski definition) is 4. The number of nitrogens with zero attached hydrogens (tertiary/aromatic N) is 1. The predicted octanol–water partition coefficient (Wildman–Crippen LogP) is 4.23. The molecule has 1 fully saturated rings. The number of nitrogens with one attached hydrogen (secondary N) is 2. The maximum Gasteiger partial charge on any atom is 0.253 e. The molecule has 0 spiro atoms. The van der Waals surface area contributed by atoms with Gasteiger partial charge in [-0.3, -0.25) is 9.59 Å². The van der Waals surface area contributed by atoms with Gasteiger partial charge in [-0.2, -0.15) is 5.10 Å². The highest BCUT2D eigenvalue weighted by Gasteiger charge is 2.40. The van der Waals surface area contributed by atoms with Crippen LogP contribution in [-0.4, -0.2) is 24.6 Å². The molecule has 1 aliphatic heterocycles. The number of halogens is 2. The molecule has 6 nitrogen and oxygen atoms in total. The minimum absolute atomic E-state index is 0.242. The summed E-state index contributed by atoms with van der Waals surface area (Å²) in [5.74, 6) is -0.935. The average molecular weight is 442 g/mol. The largest absolute Gasteiger partial charge is 0.455 e. The zero-order valence-corrected chi connectivity index (χ0v) is 17.2. The Morgan fingerprint density at radius 1 is 1.10 bits per heavy atom. The van der Waals surface area contributed by atoms with Crippen molar-refractivity contribution in [3.63, 3.8) is 0 Å². The molecule has 0 unspecified atom stereocenters. The molecule has 3 aromatic rings. The van der Waals surface area contributed by atoms with Gasteiger partial charge in [-0.05, 0) is 29.8 Å².